The molecule has 0 saturated heterocycles. The first-order chi connectivity index (χ1) is 12.6. The van der Waals surface area contributed by atoms with Crippen LogP contribution in [0.1, 0.15) is 17.3 Å². The summed E-state index contributed by atoms with van der Waals surface area (Å²) in [4.78, 5) is 27.8. The molecule has 0 fully saturated rings. The number of hydrogen-bond donors (Lipinski definition) is 1. The molecule has 2 aromatic heterocycles. The number of pyridine rings is 1. The van der Waals surface area contributed by atoms with Gasteiger partial charge in [-0.2, -0.15) is 5.26 Å². The predicted molar refractivity (Wildman–Crippen MR) is 98.6 cm³/mol. The van der Waals surface area contributed by atoms with Crippen LogP contribution in [-0.2, 0) is 4.79 Å². The maximum absolute atomic E-state index is 12.3. The van der Waals surface area contributed by atoms with Gasteiger partial charge < -0.3 is 9.73 Å². The highest BCUT2D eigenvalue weighted by atomic mass is 32.2. The number of rotatable bonds is 5. The Balaban J connectivity index is 1.87. The molecule has 0 aliphatic rings. The zero-order chi connectivity index (χ0) is 18.5. The molecule has 0 aliphatic heterocycles. The zero-order valence-electron chi connectivity index (χ0n) is 13.7. The standard InChI is InChI=1S/C19H13N3O3S/c1-12(23)14(10-20)11-26-17-9-15-16(25-17)7-8-21-18(15)22-19(24)13-5-3-2-4-6-13/h2-9,11H,1H3,(H,21,22,24). The molecule has 0 atom stereocenters. The lowest BCUT2D eigenvalue weighted by Gasteiger charge is -2.04. The van der Waals surface area contributed by atoms with Crippen molar-refractivity contribution < 1.29 is 14.0 Å². The summed E-state index contributed by atoms with van der Waals surface area (Å²) in [7, 11) is 0. The molecular weight excluding hydrogens is 350 g/mol. The maximum Gasteiger partial charge on any atom is 0.256 e. The second-order valence-electron chi connectivity index (χ2n) is 5.27. The molecule has 1 amide bonds. The van der Waals surface area contributed by atoms with E-state index in [1.165, 1.54) is 18.5 Å². The average molecular weight is 363 g/mol. The van der Waals surface area contributed by atoms with E-state index >= 15 is 0 Å². The van der Waals surface area contributed by atoms with E-state index in [1.807, 2.05) is 12.1 Å². The molecule has 6 nitrogen and oxygen atoms in total. The van der Waals surface area contributed by atoms with Gasteiger partial charge in [-0.05, 0) is 25.1 Å². The predicted octanol–water partition coefficient (Wildman–Crippen LogP) is 4.17. The number of furan rings is 1. The third-order valence-corrected chi connectivity index (χ3v) is 4.27. The Morgan fingerprint density at radius 1 is 1.27 bits per heavy atom. The smallest absolute Gasteiger partial charge is 0.256 e. The number of nitriles is 1. The van der Waals surface area contributed by atoms with E-state index < -0.39 is 0 Å². The Morgan fingerprint density at radius 2 is 2.04 bits per heavy atom. The second kappa shape index (κ2) is 7.68. The third-order valence-electron chi connectivity index (χ3n) is 3.48. The highest BCUT2D eigenvalue weighted by Crippen LogP contribution is 2.31. The molecule has 128 valence electrons. The van der Waals surface area contributed by atoms with Crippen LogP contribution in [0.3, 0.4) is 0 Å². The van der Waals surface area contributed by atoms with Gasteiger partial charge >= 0.3 is 0 Å². The van der Waals surface area contributed by atoms with Crippen molar-refractivity contribution in [2.75, 3.05) is 5.32 Å². The van der Waals surface area contributed by atoms with E-state index in [4.69, 9.17) is 9.68 Å². The molecule has 0 unspecified atom stereocenters. The summed E-state index contributed by atoms with van der Waals surface area (Å²) in [5.74, 6) is -0.208. The first-order valence-corrected chi connectivity index (χ1v) is 8.49. The number of ketones is 1. The molecule has 0 spiro atoms. The molecule has 0 radical (unpaired) electrons. The molecule has 0 bridgehead atoms. The van der Waals surface area contributed by atoms with Gasteiger partial charge in [-0.3, -0.25) is 9.59 Å². The van der Waals surface area contributed by atoms with Crippen LogP contribution < -0.4 is 5.32 Å². The summed E-state index contributed by atoms with van der Waals surface area (Å²) in [6.45, 7) is 1.33. The van der Waals surface area contributed by atoms with Crippen LogP contribution in [-0.4, -0.2) is 16.7 Å². The van der Waals surface area contributed by atoms with Crippen LogP contribution in [0.15, 0.2) is 69.2 Å². The minimum atomic E-state index is -0.311. The highest BCUT2D eigenvalue weighted by Gasteiger charge is 2.13. The lowest BCUT2D eigenvalue weighted by molar-refractivity contribution is -0.113. The lowest BCUT2D eigenvalue weighted by Crippen LogP contribution is -2.12. The number of nitrogens with one attached hydrogen (secondary N) is 1. The summed E-state index contributed by atoms with van der Waals surface area (Å²) >= 11 is 1.12. The molecule has 26 heavy (non-hydrogen) atoms. The van der Waals surface area contributed by atoms with Crippen molar-refractivity contribution in [3.8, 4) is 6.07 Å². The number of carbonyl (C=O) groups is 2. The second-order valence-corrected chi connectivity index (χ2v) is 6.15. The topological polar surface area (TPSA) is 96.0 Å². The fraction of sp³-hybridized carbons (Fsp3) is 0.0526. The van der Waals surface area contributed by atoms with Gasteiger partial charge in [-0.25, -0.2) is 4.98 Å². The molecule has 3 rings (SSSR count). The number of aromatic nitrogens is 1. The summed E-state index contributed by atoms with van der Waals surface area (Å²) in [6, 6.07) is 14.0. The number of hydrogen-bond acceptors (Lipinski definition) is 6. The molecule has 0 aliphatic carbocycles. The quantitative estimate of drug-likeness (QED) is 0.415. The van der Waals surface area contributed by atoms with Crippen molar-refractivity contribution in [3.05, 3.63) is 65.2 Å². The van der Waals surface area contributed by atoms with Crippen molar-refractivity contribution in [1.82, 2.24) is 4.98 Å². The lowest BCUT2D eigenvalue weighted by atomic mass is 10.2. The summed E-state index contributed by atoms with van der Waals surface area (Å²) < 4.78 is 5.68. The van der Waals surface area contributed by atoms with Crippen LogP contribution in [0, 0.1) is 11.3 Å². The van der Waals surface area contributed by atoms with Gasteiger partial charge in [0, 0.05) is 23.2 Å². The van der Waals surface area contributed by atoms with Crippen molar-refractivity contribution in [2.24, 2.45) is 0 Å². The SMILES string of the molecule is CC(=O)C(C#N)=CSc1cc2c(NC(=O)c3ccccc3)nccc2o1. The minimum Gasteiger partial charge on any atom is -0.449 e. The molecule has 2 heterocycles. The number of anilines is 1. The molecule has 7 heteroatoms. The highest BCUT2D eigenvalue weighted by molar-refractivity contribution is 8.02. The van der Waals surface area contributed by atoms with Gasteiger partial charge in [0.1, 0.15) is 23.0 Å². The normalized spacial score (nSPS) is 11.2. The first-order valence-electron chi connectivity index (χ1n) is 7.61. The van der Waals surface area contributed by atoms with Gasteiger partial charge in [0.25, 0.3) is 5.91 Å². The summed E-state index contributed by atoms with van der Waals surface area (Å²) in [5, 5.41) is 14.2. The van der Waals surface area contributed by atoms with Crippen LogP contribution in [0.5, 0.6) is 0 Å². The fourth-order valence-corrected chi connectivity index (χ4v) is 2.95. The Bertz CT molecular complexity index is 1050. The molecular formula is C19H13N3O3S. The number of nitrogens with zero attached hydrogens (tertiary/aromatic N) is 2. The van der Waals surface area contributed by atoms with E-state index in [-0.39, 0.29) is 17.3 Å². The maximum atomic E-state index is 12.3. The van der Waals surface area contributed by atoms with E-state index in [9.17, 15) is 9.59 Å². The van der Waals surface area contributed by atoms with Crippen molar-refractivity contribution in [3.63, 3.8) is 0 Å². The molecule has 0 saturated carbocycles. The van der Waals surface area contributed by atoms with Gasteiger partial charge in [-0.15, -0.1) is 0 Å². The van der Waals surface area contributed by atoms with Gasteiger partial charge in [0.15, 0.2) is 10.9 Å². The van der Waals surface area contributed by atoms with Gasteiger partial charge in [0.05, 0.1) is 5.39 Å². The van der Waals surface area contributed by atoms with Crippen LogP contribution >= 0.6 is 11.8 Å². The van der Waals surface area contributed by atoms with Gasteiger partial charge in [0.2, 0.25) is 0 Å². The van der Waals surface area contributed by atoms with Crippen LogP contribution in [0.25, 0.3) is 11.0 Å². The molecule has 1 N–H and O–H groups in total. The summed E-state index contributed by atoms with van der Waals surface area (Å²) in [6.07, 6.45) is 1.53. The Morgan fingerprint density at radius 3 is 2.73 bits per heavy atom. The first kappa shape index (κ1) is 17.5. The monoisotopic (exact) mass is 363 g/mol. The fourth-order valence-electron chi connectivity index (χ4n) is 2.17. The number of carbonyl (C=O) groups excluding carboxylic acids is 2. The zero-order valence-corrected chi connectivity index (χ0v) is 14.5. The minimum absolute atomic E-state index is 0.0474. The van der Waals surface area contributed by atoms with E-state index in [0.717, 1.165) is 11.8 Å². The number of allylic oxidation sites excluding steroid dienone is 1. The Labute approximate surface area is 153 Å². The van der Waals surface area contributed by atoms with Crippen molar-refractivity contribution in [2.45, 2.75) is 12.0 Å². The molecule has 1 aromatic carbocycles. The summed E-state index contributed by atoms with van der Waals surface area (Å²) in [5.41, 5.74) is 1.11. The van der Waals surface area contributed by atoms with Crippen molar-refractivity contribution in [1.29, 1.82) is 5.26 Å². The van der Waals surface area contributed by atoms with Gasteiger partial charge in [-0.1, -0.05) is 30.0 Å². The van der Waals surface area contributed by atoms with Crippen LogP contribution in [0.2, 0.25) is 0 Å². The van der Waals surface area contributed by atoms with E-state index in [2.05, 4.69) is 10.3 Å². The molecule has 3 aromatic rings. The number of fused-ring (bicyclic) bond motifs is 1. The number of benzene rings is 1. The Hall–Kier alpha value is -3.37. The Kier molecular flexibility index (Phi) is 5.15. The largest absolute Gasteiger partial charge is 0.449 e. The number of amides is 1. The number of thioether (sulfide) groups is 1. The van der Waals surface area contributed by atoms with E-state index in [1.54, 1.807) is 36.4 Å². The third kappa shape index (κ3) is 3.82. The average Bonchev–Trinajstić information content (AvgIpc) is 3.07. The number of Topliss-reactive ketones (excluding diaryl/α,β-unsaturated/α-hetero) is 1. The van der Waals surface area contributed by atoms with E-state index in [0.29, 0.717) is 27.4 Å². The van der Waals surface area contributed by atoms with Crippen LogP contribution in [0.4, 0.5) is 5.82 Å². The van der Waals surface area contributed by atoms with Crippen molar-refractivity contribution >= 4 is 40.2 Å².